The summed E-state index contributed by atoms with van der Waals surface area (Å²) in [6, 6.07) is 7.78. The number of carbonyl (C=O) groups excluding carboxylic acids is 1. The summed E-state index contributed by atoms with van der Waals surface area (Å²) in [5.74, 6) is -0.137. The molecular weight excluding hydrogens is 256 g/mol. The number of methoxy groups -OCH3 is 1. The van der Waals surface area contributed by atoms with Crippen LogP contribution in [-0.4, -0.2) is 13.1 Å². The first kappa shape index (κ1) is 12.2. The van der Waals surface area contributed by atoms with E-state index in [0.29, 0.717) is 0 Å². The van der Waals surface area contributed by atoms with Gasteiger partial charge in [0.1, 0.15) is 0 Å². The van der Waals surface area contributed by atoms with E-state index < -0.39 is 0 Å². The highest BCUT2D eigenvalue weighted by Gasteiger charge is 2.24. The fourth-order valence-electron chi connectivity index (χ4n) is 1.62. The molecule has 15 heavy (non-hydrogen) atoms. The summed E-state index contributed by atoms with van der Waals surface area (Å²) < 4.78 is 5.79. The van der Waals surface area contributed by atoms with Crippen molar-refractivity contribution in [3.63, 3.8) is 0 Å². The number of rotatable bonds is 3. The number of benzene rings is 1. The molecule has 0 amide bonds. The molecule has 0 spiro atoms. The number of esters is 1. The van der Waals surface area contributed by atoms with Crippen LogP contribution >= 0.6 is 15.9 Å². The Labute approximate surface area is 98.8 Å². The summed E-state index contributed by atoms with van der Waals surface area (Å²) in [6.45, 7) is 4.03. The van der Waals surface area contributed by atoms with E-state index in [2.05, 4.69) is 15.9 Å². The third-order valence-electron chi connectivity index (χ3n) is 2.33. The minimum Gasteiger partial charge on any atom is -0.469 e. The number of carbonyl (C=O) groups is 1. The Morgan fingerprint density at radius 3 is 2.53 bits per heavy atom. The largest absolute Gasteiger partial charge is 0.469 e. The lowest BCUT2D eigenvalue weighted by Crippen LogP contribution is -2.19. The molecule has 0 N–H and O–H groups in total. The van der Waals surface area contributed by atoms with Crippen molar-refractivity contribution in [3.05, 3.63) is 34.3 Å². The molecule has 0 heterocycles. The maximum atomic E-state index is 11.6. The normalized spacial score (nSPS) is 12.6. The molecule has 0 aliphatic rings. The summed E-state index contributed by atoms with van der Waals surface area (Å²) in [4.78, 5) is 11.6. The summed E-state index contributed by atoms with van der Waals surface area (Å²) in [5, 5.41) is 0. The molecule has 0 aliphatic carbocycles. The van der Waals surface area contributed by atoms with Gasteiger partial charge >= 0.3 is 5.97 Å². The van der Waals surface area contributed by atoms with Gasteiger partial charge in [-0.2, -0.15) is 0 Å². The van der Waals surface area contributed by atoms with Crippen LogP contribution in [-0.2, 0) is 9.53 Å². The molecule has 0 saturated heterocycles. The van der Waals surface area contributed by atoms with Crippen molar-refractivity contribution in [1.82, 2.24) is 0 Å². The second kappa shape index (κ2) is 5.31. The Hall–Kier alpha value is -0.830. The van der Waals surface area contributed by atoms with Gasteiger partial charge in [-0.25, -0.2) is 0 Å². The maximum absolute atomic E-state index is 11.6. The predicted octanol–water partition coefficient (Wildman–Crippen LogP) is 3.36. The van der Waals surface area contributed by atoms with Gasteiger partial charge in [0.25, 0.3) is 0 Å². The van der Waals surface area contributed by atoms with Gasteiger partial charge in [0.05, 0.1) is 13.0 Å². The smallest absolute Gasteiger partial charge is 0.313 e. The van der Waals surface area contributed by atoms with E-state index in [1.54, 1.807) is 0 Å². The number of hydrogen-bond donors (Lipinski definition) is 0. The molecule has 1 atom stereocenters. The van der Waals surface area contributed by atoms with Crippen molar-refractivity contribution >= 4 is 21.9 Å². The second-order valence-corrected chi connectivity index (χ2v) is 4.72. The Morgan fingerprint density at radius 1 is 1.40 bits per heavy atom. The van der Waals surface area contributed by atoms with Crippen molar-refractivity contribution in [2.75, 3.05) is 7.11 Å². The van der Waals surface area contributed by atoms with E-state index in [-0.39, 0.29) is 17.8 Å². The molecule has 2 nitrogen and oxygen atoms in total. The quantitative estimate of drug-likeness (QED) is 0.788. The van der Waals surface area contributed by atoms with Crippen LogP contribution in [0.5, 0.6) is 0 Å². The van der Waals surface area contributed by atoms with Crippen LogP contribution in [0.15, 0.2) is 28.7 Å². The highest BCUT2D eigenvalue weighted by molar-refractivity contribution is 9.10. The van der Waals surface area contributed by atoms with E-state index in [4.69, 9.17) is 4.74 Å². The van der Waals surface area contributed by atoms with Crippen LogP contribution in [0, 0.1) is 5.92 Å². The Kier molecular flexibility index (Phi) is 4.33. The average molecular weight is 271 g/mol. The van der Waals surface area contributed by atoms with Gasteiger partial charge in [-0.15, -0.1) is 0 Å². The zero-order valence-corrected chi connectivity index (χ0v) is 10.7. The monoisotopic (exact) mass is 270 g/mol. The lowest BCUT2D eigenvalue weighted by Gasteiger charge is -2.18. The van der Waals surface area contributed by atoms with Crippen molar-refractivity contribution < 1.29 is 9.53 Å². The predicted molar refractivity (Wildman–Crippen MR) is 63.7 cm³/mol. The highest BCUT2D eigenvalue weighted by atomic mass is 79.9. The van der Waals surface area contributed by atoms with Gasteiger partial charge in [0.15, 0.2) is 0 Å². The van der Waals surface area contributed by atoms with E-state index in [1.807, 2.05) is 38.1 Å². The van der Waals surface area contributed by atoms with Crippen LogP contribution in [0.3, 0.4) is 0 Å². The third kappa shape index (κ3) is 3.06. The number of hydrogen-bond acceptors (Lipinski definition) is 2. The van der Waals surface area contributed by atoms with Gasteiger partial charge in [-0.05, 0) is 23.6 Å². The zero-order chi connectivity index (χ0) is 11.4. The van der Waals surface area contributed by atoms with E-state index >= 15 is 0 Å². The van der Waals surface area contributed by atoms with E-state index in [1.165, 1.54) is 7.11 Å². The summed E-state index contributed by atoms with van der Waals surface area (Å²) >= 11 is 3.40. The lowest BCUT2D eigenvalue weighted by atomic mass is 9.88. The first-order chi connectivity index (χ1) is 7.06. The van der Waals surface area contributed by atoms with Crippen LogP contribution in [0.2, 0.25) is 0 Å². The molecule has 0 bridgehead atoms. The molecule has 0 aromatic heterocycles. The first-order valence-corrected chi connectivity index (χ1v) is 5.69. The SMILES string of the molecule is COC(=O)C(c1cccc(Br)c1)C(C)C. The summed E-state index contributed by atoms with van der Waals surface area (Å²) in [7, 11) is 1.43. The Morgan fingerprint density at radius 2 is 2.07 bits per heavy atom. The third-order valence-corrected chi connectivity index (χ3v) is 2.82. The van der Waals surface area contributed by atoms with Crippen molar-refractivity contribution in [2.24, 2.45) is 5.92 Å². The minimum absolute atomic E-state index is 0.178. The van der Waals surface area contributed by atoms with Crippen LogP contribution in [0.4, 0.5) is 0 Å². The molecule has 1 unspecified atom stereocenters. The zero-order valence-electron chi connectivity index (χ0n) is 9.16. The number of ether oxygens (including phenoxy) is 1. The standard InChI is InChI=1S/C12H15BrO2/c1-8(2)11(12(14)15-3)9-5-4-6-10(13)7-9/h4-8,11H,1-3H3. The molecule has 1 rings (SSSR count). The van der Waals surface area contributed by atoms with Gasteiger partial charge < -0.3 is 4.74 Å². The van der Waals surface area contributed by atoms with Gasteiger partial charge in [-0.1, -0.05) is 41.9 Å². The molecule has 1 aromatic carbocycles. The molecular formula is C12H15BrO2. The minimum atomic E-state index is -0.188. The molecule has 0 saturated carbocycles. The highest BCUT2D eigenvalue weighted by Crippen LogP contribution is 2.27. The first-order valence-electron chi connectivity index (χ1n) is 4.89. The van der Waals surface area contributed by atoms with Crippen molar-refractivity contribution in [1.29, 1.82) is 0 Å². The van der Waals surface area contributed by atoms with E-state index in [9.17, 15) is 4.79 Å². The summed E-state index contributed by atoms with van der Waals surface area (Å²) in [6.07, 6.45) is 0. The summed E-state index contributed by atoms with van der Waals surface area (Å²) in [5.41, 5.74) is 0.992. The van der Waals surface area contributed by atoms with Crippen LogP contribution in [0.1, 0.15) is 25.3 Å². The molecule has 0 aliphatic heterocycles. The van der Waals surface area contributed by atoms with Gasteiger partial charge in [-0.3, -0.25) is 4.79 Å². The molecule has 0 radical (unpaired) electrons. The van der Waals surface area contributed by atoms with Crippen LogP contribution < -0.4 is 0 Å². The number of halogens is 1. The van der Waals surface area contributed by atoms with Crippen molar-refractivity contribution in [2.45, 2.75) is 19.8 Å². The van der Waals surface area contributed by atoms with Gasteiger partial charge in [0, 0.05) is 4.47 Å². The Bertz CT molecular complexity index is 347. The average Bonchev–Trinajstić information content (AvgIpc) is 2.17. The fraction of sp³-hybridized carbons (Fsp3) is 0.417. The topological polar surface area (TPSA) is 26.3 Å². The van der Waals surface area contributed by atoms with E-state index in [0.717, 1.165) is 10.0 Å². The molecule has 3 heteroatoms. The second-order valence-electron chi connectivity index (χ2n) is 3.80. The van der Waals surface area contributed by atoms with Crippen LogP contribution in [0.25, 0.3) is 0 Å². The molecule has 1 aromatic rings. The molecule has 0 fully saturated rings. The fourth-order valence-corrected chi connectivity index (χ4v) is 2.04. The van der Waals surface area contributed by atoms with Gasteiger partial charge in [0.2, 0.25) is 0 Å². The Balaban J connectivity index is 3.04. The maximum Gasteiger partial charge on any atom is 0.313 e. The molecule has 82 valence electrons. The van der Waals surface area contributed by atoms with Crippen molar-refractivity contribution in [3.8, 4) is 0 Å². The lowest BCUT2D eigenvalue weighted by molar-refractivity contribution is -0.143.